The molecule has 3 aromatic rings. The van der Waals surface area contributed by atoms with E-state index >= 15 is 0 Å². The number of hydrogen-bond donors (Lipinski definition) is 1. The number of pyridine rings is 1. The van der Waals surface area contributed by atoms with Crippen LogP contribution in [0.15, 0.2) is 66.0 Å². The molecule has 0 radical (unpaired) electrons. The molecule has 4 rings (SSSR count). The number of thioether (sulfide) groups is 1. The fourth-order valence-corrected chi connectivity index (χ4v) is 4.45. The molecule has 156 valence electrons. The maximum absolute atomic E-state index is 12.9. The number of aromatic nitrogens is 3. The first-order valence-electron chi connectivity index (χ1n) is 9.55. The fourth-order valence-electron chi connectivity index (χ4n) is 3.16. The van der Waals surface area contributed by atoms with E-state index in [0.717, 1.165) is 16.8 Å². The molecule has 3 heterocycles. The van der Waals surface area contributed by atoms with Gasteiger partial charge in [-0.25, -0.2) is 4.68 Å². The van der Waals surface area contributed by atoms with Gasteiger partial charge < -0.3 is 5.11 Å². The summed E-state index contributed by atoms with van der Waals surface area (Å²) in [5, 5.41) is 13.6. The number of nitrogens with zero attached hydrogens (tertiary/aromatic N) is 4. The zero-order chi connectivity index (χ0) is 21.8. The molecule has 0 unspecified atom stereocenters. The molecule has 0 atom stereocenters. The largest absolute Gasteiger partial charge is 0.481 e. The Kier molecular flexibility index (Phi) is 6.24. The van der Waals surface area contributed by atoms with Crippen molar-refractivity contribution < 1.29 is 14.7 Å². The quantitative estimate of drug-likeness (QED) is 0.430. The summed E-state index contributed by atoms with van der Waals surface area (Å²) in [6.45, 7) is 0.285. The van der Waals surface area contributed by atoms with Crippen LogP contribution in [0.2, 0.25) is 0 Å². The minimum absolute atomic E-state index is 0.00882. The van der Waals surface area contributed by atoms with Gasteiger partial charge in [0.15, 0.2) is 0 Å². The van der Waals surface area contributed by atoms with Gasteiger partial charge >= 0.3 is 5.97 Å². The van der Waals surface area contributed by atoms with Crippen LogP contribution in [0.5, 0.6) is 0 Å². The maximum Gasteiger partial charge on any atom is 0.303 e. The van der Waals surface area contributed by atoms with E-state index in [0.29, 0.717) is 21.3 Å². The molecule has 1 aromatic carbocycles. The number of carbonyl (C=O) groups is 2. The van der Waals surface area contributed by atoms with Gasteiger partial charge in [0.2, 0.25) is 0 Å². The number of rotatable bonds is 7. The Morgan fingerprint density at radius 1 is 1.19 bits per heavy atom. The lowest BCUT2D eigenvalue weighted by molar-refractivity contribution is -0.137. The van der Waals surface area contributed by atoms with Gasteiger partial charge in [0.1, 0.15) is 10.0 Å². The lowest BCUT2D eigenvalue weighted by Crippen LogP contribution is -2.29. The molecule has 1 aliphatic heterocycles. The Bertz CT molecular complexity index is 1160. The van der Waals surface area contributed by atoms with Gasteiger partial charge in [-0.3, -0.25) is 19.5 Å². The van der Waals surface area contributed by atoms with Gasteiger partial charge in [-0.2, -0.15) is 5.10 Å². The highest BCUT2D eigenvalue weighted by atomic mass is 32.2. The van der Waals surface area contributed by atoms with E-state index in [4.69, 9.17) is 22.4 Å². The molecule has 7 nitrogen and oxygen atoms in total. The molecular formula is C22H18N4O3S2. The number of carboxylic acids is 1. The highest BCUT2D eigenvalue weighted by Crippen LogP contribution is 2.34. The molecule has 31 heavy (non-hydrogen) atoms. The number of benzene rings is 1. The summed E-state index contributed by atoms with van der Waals surface area (Å²) in [6.07, 6.45) is 7.42. The van der Waals surface area contributed by atoms with Crippen LogP contribution in [0.3, 0.4) is 0 Å². The van der Waals surface area contributed by atoms with Crippen molar-refractivity contribution in [3.05, 3.63) is 71.5 Å². The summed E-state index contributed by atoms with van der Waals surface area (Å²) in [5.41, 5.74) is 3.20. The van der Waals surface area contributed by atoms with Crippen LogP contribution in [-0.2, 0) is 9.59 Å². The first kappa shape index (κ1) is 21.0. The van der Waals surface area contributed by atoms with Crippen molar-refractivity contribution in [1.82, 2.24) is 19.7 Å². The lowest BCUT2D eigenvalue weighted by Gasteiger charge is -2.13. The van der Waals surface area contributed by atoms with Gasteiger partial charge in [0.05, 0.1) is 10.6 Å². The smallest absolute Gasteiger partial charge is 0.303 e. The van der Waals surface area contributed by atoms with Crippen LogP contribution in [0.25, 0.3) is 23.0 Å². The SMILES string of the molecule is O=C(O)CCCN1C(=O)/C(=C\c2cn(-c3ccccc3)nc2-c2cccnc2)SC1=S. The van der Waals surface area contributed by atoms with Crippen LogP contribution < -0.4 is 0 Å². The summed E-state index contributed by atoms with van der Waals surface area (Å²) < 4.78 is 2.20. The van der Waals surface area contributed by atoms with Crippen LogP contribution >= 0.6 is 24.0 Å². The van der Waals surface area contributed by atoms with Crippen LogP contribution in [0, 0.1) is 0 Å². The van der Waals surface area contributed by atoms with Crippen molar-refractivity contribution in [3.8, 4) is 16.9 Å². The molecular weight excluding hydrogens is 432 g/mol. The third-order valence-corrected chi connectivity index (χ3v) is 6.01. The first-order chi connectivity index (χ1) is 15.0. The molecule has 2 aromatic heterocycles. The topological polar surface area (TPSA) is 88.3 Å². The van der Waals surface area contributed by atoms with Crippen molar-refractivity contribution in [2.45, 2.75) is 12.8 Å². The molecule has 1 N–H and O–H groups in total. The molecule has 0 aliphatic carbocycles. The van der Waals surface area contributed by atoms with Crippen LogP contribution in [-0.4, -0.2) is 47.5 Å². The van der Waals surface area contributed by atoms with Crippen molar-refractivity contribution in [2.24, 2.45) is 0 Å². The number of para-hydroxylation sites is 1. The zero-order valence-electron chi connectivity index (χ0n) is 16.3. The second-order valence-corrected chi connectivity index (χ2v) is 8.46. The molecule has 1 saturated heterocycles. The van der Waals surface area contributed by atoms with E-state index in [1.165, 1.54) is 16.7 Å². The highest BCUT2D eigenvalue weighted by Gasteiger charge is 2.32. The van der Waals surface area contributed by atoms with Crippen LogP contribution in [0.4, 0.5) is 0 Å². The van der Waals surface area contributed by atoms with E-state index in [9.17, 15) is 9.59 Å². The van der Waals surface area contributed by atoms with Gasteiger partial charge in [-0.05, 0) is 36.8 Å². The van der Waals surface area contributed by atoms with Gasteiger partial charge in [-0.15, -0.1) is 0 Å². The molecule has 0 saturated carbocycles. The average molecular weight is 451 g/mol. The Morgan fingerprint density at radius 2 is 2.00 bits per heavy atom. The zero-order valence-corrected chi connectivity index (χ0v) is 18.0. The Hall–Kier alpha value is -3.30. The second kappa shape index (κ2) is 9.23. The standard InChI is InChI=1S/C22H18N4O3S2/c27-19(28)9-5-11-25-21(29)18(31-22(25)30)12-16-14-26(17-7-2-1-3-8-17)24-20(16)15-6-4-10-23-13-15/h1-4,6-8,10,12-14H,5,9,11H2,(H,27,28)/b18-12+. The summed E-state index contributed by atoms with van der Waals surface area (Å²) in [4.78, 5) is 29.8. The number of hydrogen-bond acceptors (Lipinski definition) is 6. The molecule has 0 bridgehead atoms. The fraction of sp³-hybridized carbons (Fsp3) is 0.136. The molecule has 1 fully saturated rings. The monoisotopic (exact) mass is 450 g/mol. The molecule has 1 amide bonds. The normalized spacial score (nSPS) is 15.1. The second-order valence-electron chi connectivity index (χ2n) is 6.79. The predicted molar refractivity (Wildman–Crippen MR) is 124 cm³/mol. The van der Waals surface area contributed by atoms with E-state index in [1.54, 1.807) is 23.2 Å². The van der Waals surface area contributed by atoms with Crippen molar-refractivity contribution in [2.75, 3.05) is 6.54 Å². The summed E-state index contributed by atoms with van der Waals surface area (Å²) in [5.74, 6) is -1.11. The Morgan fingerprint density at radius 3 is 2.71 bits per heavy atom. The van der Waals surface area contributed by atoms with E-state index < -0.39 is 5.97 Å². The molecule has 9 heteroatoms. The van der Waals surface area contributed by atoms with E-state index in [-0.39, 0.29) is 18.9 Å². The van der Waals surface area contributed by atoms with Crippen molar-refractivity contribution in [1.29, 1.82) is 0 Å². The van der Waals surface area contributed by atoms with Gasteiger partial charge in [0, 0.05) is 42.7 Å². The minimum Gasteiger partial charge on any atom is -0.481 e. The van der Waals surface area contributed by atoms with Crippen molar-refractivity contribution >= 4 is 46.3 Å². The maximum atomic E-state index is 12.9. The third-order valence-electron chi connectivity index (χ3n) is 4.63. The molecule has 0 spiro atoms. The summed E-state index contributed by atoms with van der Waals surface area (Å²) in [6, 6.07) is 13.5. The van der Waals surface area contributed by atoms with Gasteiger partial charge in [-0.1, -0.05) is 42.2 Å². The summed E-state index contributed by atoms with van der Waals surface area (Å²) in [7, 11) is 0. The summed E-state index contributed by atoms with van der Waals surface area (Å²) >= 11 is 6.56. The van der Waals surface area contributed by atoms with Gasteiger partial charge in [0.25, 0.3) is 5.91 Å². The average Bonchev–Trinajstić information content (AvgIpc) is 3.31. The highest BCUT2D eigenvalue weighted by molar-refractivity contribution is 8.26. The predicted octanol–water partition coefficient (Wildman–Crippen LogP) is 4.00. The minimum atomic E-state index is -0.893. The van der Waals surface area contributed by atoms with Crippen LogP contribution in [0.1, 0.15) is 18.4 Å². The number of carboxylic acid groups (broad SMARTS) is 1. The Labute approximate surface area is 188 Å². The Balaban J connectivity index is 1.68. The van der Waals surface area contributed by atoms with Crippen molar-refractivity contribution in [3.63, 3.8) is 0 Å². The lowest BCUT2D eigenvalue weighted by atomic mass is 10.1. The van der Waals surface area contributed by atoms with E-state index in [2.05, 4.69) is 4.98 Å². The van der Waals surface area contributed by atoms with E-state index in [1.807, 2.05) is 48.7 Å². The number of thiocarbonyl (C=S) groups is 1. The third kappa shape index (κ3) is 4.73. The number of carbonyl (C=O) groups excluding carboxylic acids is 1. The first-order valence-corrected chi connectivity index (χ1v) is 10.8. The number of aliphatic carboxylic acids is 1. The molecule has 1 aliphatic rings. The number of amides is 1.